The Kier molecular flexibility index (Phi) is 6.04. The summed E-state index contributed by atoms with van der Waals surface area (Å²) in [6.45, 7) is 6.92. The van der Waals surface area contributed by atoms with Crippen molar-refractivity contribution in [3.05, 3.63) is 23.8 Å². The lowest BCUT2D eigenvalue weighted by atomic mass is 10.1. The minimum atomic E-state index is -3.46. The van der Waals surface area contributed by atoms with Crippen molar-refractivity contribution < 1.29 is 13.2 Å². The monoisotopic (exact) mass is 334 g/mol. The van der Waals surface area contributed by atoms with Crippen LogP contribution in [-0.2, 0) is 10.0 Å². The van der Waals surface area contributed by atoms with Crippen molar-refractivity contribution in [3.8, 4) is 5.75 Å². The van der Waals surface area contributed by atoms with Gasteiger partial charge in [0.15, 0.2) is 0 Å². The molecule has 1 saturated heterocycles. The van der Waals surface area contributed by atoms with Gasteiger partial charge in [-0.3, -0.25) is 0 Å². The molecule has 2 rings (SSSR count). The van der Waals surface area contributed by atoms with Gasteiger partial charge < -0.3 is 10.1 Å². The second-order valence-corrected chi connectivity index (χ2v) is 7.09. The normalized spacial score (nSPS) is 23.4. The number of ether oxygens (including phenoxy) is 1. The van der Waals surface area contributed by atoms with E-state index in [4.69, 9.17) is 4.74 Å². The largest absolute Gasteiger partial charge is 0.497 e. The molecule has 1 aliphatic rings. The Labute approximate surface area is 133 Å². The number of piperazine rings is 1. The van der Waals surface area contributed by atoms with Gasteiger partial charge in [0.25, 0.3) is 0 Å². The molecule has 1 aromatic rings. The molecule has 0 aromatic heterocycles. The minimum Gasteiger partial charge on any atom is -0.497 e. The average Bonchev–Trinajstić information content (AvgIpc) is 2.41. The summed E-state index contributed by atoms with van der Waals surface area (Å²) in [4.78, 5) is 0.360. The summed E-state index contributed by atoms with van der Waals surface area (Å²) in [6.07, 6.45) is 0. The van der Waals surface area contributed by atoms with Crippen LogP contribution in [0.15, 0.2) is 23.1 Å². The predicted molar refractivity (Wildman–Crippen MR) is 85.8 cm³/mol. The number of rotatable bonds is 3. The Balaban J connectivity index is 0.00000220. The zero-order valence-corrected chi connectivity index (χ0v) is 14.4. The van der Waals surface area contributed by atoms with Gasteiger partial charge in [-0.05, 0) is 44.5 Å². The number of hydrogen-bond acceptors (Lipinski definition) is 4. The molecule has 1 aliphatic heterocycles. The molecule has 0 aliphatic carbocycles. The van der Waals surface area contributed by atoms with Crippen molar-refractivity contribution >= 4 is 22.4 Å². The highest BCUT2D eigenvalue weighted by atomic mass is 35.5. The van der Waals surface area contributed by atoms with Crippen molar-refractivity contribution in [2.75, 3.05) is 20.2 Å². The third-order valence-electron chi connectivity index (χ3n) is 3.95. The van der Waals surface area contributed by atoms with Crippen LogP contribution >= 0.6 is 12.4 Å². The van der Waals surface area contributed by atoms with Crippen LogP contribution in [0.4, 0.5) is 0 Å². The highest BCUT2D eigenvalue weighted by Gasteiger charge is 2.35. The summed E-state index contributed by atoms with van der Waals surface area (Å²) >= 11 is 0. The quantitative estimate of drug-likeness (QED) is 0.915. The molecule has 0 radical (unpaired) electrons. The molecular formula is C14H23ClN2O3S. The first kappa shape index (κ1) is 18.2. The summed E-state index contributed by atoms with van der Waals surface area (Å²) in [6, 6.07) is 5.16. The topological polar surface area (TPSA) is 58.6 Å². The van der Waals surface area contributed by atoms with E-state index < -0.39 is 10.0 Å². The molecule has 0 amide bonds. The van der Waals surface area contributed by atoms with E-state index >= 15 is 0 Å². The summed E-state index contributed by atoms with van der Waals surface area (Å²) in [5, 5.41) is 3.29. The molecule has 21 heavy (non-hydrogen) atoms. The number of aryl methyl sites for hydroxylation is 1. The number of sulfonamides is 1. The molecule has 2 unspecified atom stereocenters. The van der Waals surface area contributed by atoms with Crippen molar-refractivity contribution in [2.45, 2.75) is 37.8 Å². The first-order valence-corrected chi connectivity index (χ1v) is 8.22. The fraction of sp³-hybridized carbons (Fsp3) is 0.571. The average molecular weight is 335 g/mol. The van der Waals surface area contributed by atoms with E-state index in [9.17, 15) is 8.42 Å². The molecular weight excluding hydrogens is 312 g/mol. The molecule has 2 atom stereocenters. The Bertz CT molecular complexity index is 592. The zero-order valence-electron chi connectivity index (χ0n) is 12.8. The summed E-state index contributed by atoms with van der Waals surface area (Å²) in [7, 11) is -1.89. The Hall–Kier alpha value is -0.820. The predicted octanol–water partition coefficient (Wildman–Crippen LogP) is 1.80. The van der Waals surface area contributed by atoms with Crippen LogP contribution in [0.25, 0.3) is 0 Å². The summed E-state index contributed by atoms with van der Waals surface area (Å²) in [5.41, 5.74) is 0.711. The number of hydrogen-bond donors (Lipinski definition) is 1. The zero-order chi connectivity index (χ0) is 14.9. The fourth-order valence-electron chi connectivity index (χ4n) is 2.53. The van der Waals surface area contributed by atoms with Gasteiger partial charge in [-0.25, -0.2) is 8.42 Å². The van der Waals surface area contributed by atoms with Crippen LogP contribution in [0.5, 0.6) is 5.75 Å². The van der Waals surface area contributed by atoms with Crippen LogP contribution in [0.1, 0.15) is 19.4 Å². The highest BCUT2D eigenvalue weighted by molar-refractivity contribution is 7.89. The van der Waals surface area contributed by atoms with Crippen molar-refractivity contribution in [3.63, 3.8) is 0 Å². The molecule has 0 spiro atoms. The van der Waals surface area contributed by atoms with Crippen LogP contribution in [0, 0.1) is 6.92 Å². The van der Waals surface area contributed by atoms with Crippen LogP contribution in [0.3, 0.4) is 0 Å². The molecule has 0 bridgehead atoms. The van der Waals surface area contributed by atoms with Crippen LogP contribution in [0.2, 0.25) is 0 Å². The van der Waals surface area contributed by atoms with E-state index in [1.165, 1.54) is 0 Å². The highest BCUT2D eigenvalue weighted by Crippen LogP contribution is 2.26. The molecule has 5 nitrogen and oxygen atoms in total. The SMILES string of the molecule is COc1ccc(S(=O)(=O)N2CCNC(C)C2C)c(C)c1.Cl. The summed E-state index contributed by atoms with van der Waals surface area (Å²) < 4.78 is 32.4. The number of methoxy groups -OCH3 is 1. The van der Waals surface area contributed by atoms with E-state index in [1.54, 1.807) is 36.5 Å². The van der Waals surface area contributed by atoms with E-state index in [1.807, 2.05) is 13.8 Å². The van der Waals surface area contributed by atoms with Gasteiger partial charge in [-0.1, -0.05) is 0 Å². The van der Waals surface area contributed by atoms with Gasteiger partial charge in [0, 0.05) is 25.2 Å². The van der Waals surface area contributed by atoms with E-state index in [2.05, 4.69) is 5.32 Å². The van der Waals surface area contributed by atoms with E-state index in [-0.39, 0.29) is 24.5 Å². The Morgan fingerprint density at radius 1 is 1.33 bits per heavy atom. The van der Waals surface area contributed by atoms with Crippen LogP contribution < -0.4 is 10.1 Å². The van der Waals surface area contributed by atoms with Crippen molar-refractivity contribution in [1.82, 2.24) is 9.62 Å². The second-order valence-electron chi connectivity index (χ2n) is 5.23. The van der Waals surface area contributed by atoms with Crippen molar-refractivity contribution in [1.29, 1.82) is 0 Å². The molecule has 1 heterocycles. The number of halogens is 1. The maximum absolute atomic E-state index is 12.8. The first-order chi connectivity index (χ1) is 9.37. The van der Waals surface area contributed by atoms with Gasteiger partial charge in [0.1, 0.15) is 5.75 Å². The van der Waals surface area contributed by atoms with Gasteiger partial charge >= 0.3 is 0 Å². The molecule has 1 fully saturated rings. The third-order valence-corrected chi connectivity index (χ3v) is 6.09. The lowest BCUT2D eigenvalue weighted by Gasteiger charge is -2.37. The van der Waals surface area contributed by atoms with Gasteiger partial charge in [0.05, 0.1) is 12.0 Å². The lowest BCUT2D eigenvalue weighted by molar-refractivity contribution is 0.232. The number of nitrogens with one attached hydrogen (secondary N) is 1. The number of benzene rings is 1. The van der Waals surface area contributed by atoms with E-state index in [0.717, 1.165) is 0 Å². The maximum atomic E-state index is 12.8. The van der Waals surface area contributed by atoms with Gasteiger partial charge in [-0.15, -0.1) is 12.4 Å². The minimum absolute atomic E-state index is 0. The Morgan fingerprint density at radius 3 is 2.57 bits per heavy atom. The maximum Gasteiger partial charge on any atom is 0.243 e. The molecule has 1 aromatic carbocycles. The molecule has 7 heteroatoms. The smallest absolute Gasteiger partial charge is 0.243 e. The fourth-order valence-corrected chi connectivity index (χ4v) is 4.44. The first-order valence-electron chi connectivity index (χ1n) is 6.78. The third kappa shape index (κ3) is 3.51. The van der Waals surface area contributed by atoms with Crippen molar-refractivity contribution in [2.24, 2.45) is 0 Å². The number of nitrogens with zero attached hydrogens (tertiary/aromatic N) is 1. The van der Waals surface area contributed by atoms with Gasteiger partial charge in [0.2, 0.25) is 10.0 Å². The molecule has 1 N–H and O–H groups in total. The standard InChI is InChI=1S/C14H22N2O3S.ClH/c1-10-9-13(19-4)5-6-14(10)20(17,18)16-8-7-15-11(2)12(16)3;/h5-6,9,11-12,15H,7-8H2,1-4H3;1H. The van der Waals surface area contributed by atoms with Crippen LogP contribution in [-0.4, -0.2) is 45.0 Å². The molecule has 0 saturated carbocycles. The summed E-state index contributed by atoms with van der Waals surface area (Å²) in [5.74, 6) is 0.670. The molecule has 120 valence electrons. The van der Waals surface area contributed by atoms with Gasteiger partial charge in [-0.2, -0.15) is 4.31 Å². The lowest BCUT2D eigenvalue weighted by Crippen LogP contribution is -2.57. The van der Waals surface area contributed by atoms with E-state index in [0.29, 0.717) is 29.3 Å². The Morgan fingerprint density at radius 2 is 2.00 bits per heavy atom. The second kappa shape index (κ2) is 6.96.